The van der Waals surface area contributed by atoms with Crippen molar-refractivity contribution in [3.8, 4) is 0 Å². The molecule has 68 valence electrons. The van der Waals surface area contributed by atoms with Crippen LogP contribution in [0.1, 0.15) is 12.0 Å². The second kappa shape index (κ2) is 2.37. The van der Waals surface area contributed by atoms with E-state index in [9.17, 15) is 13.6 Å². The van der Waals surface area contributed by atoms with E-state index in [-0.39, 0.29) is 6.42 Å². The van der Waals surface area contributed by atoms with Crippen LogP contribution in [0.15, 0.2) is 30.3 Å². The lowest BCUT2D eigenvalue weighted by atomic mass is 9.97. The minimum Gasteiger partial charge on any atom is -0.302 e. The molecule has 13 heavy (non-hydrogen) atoms. The first kappa shape index (κ1) is 8.35. The maximum atomic E-state index is 12.9. The standard InChI is InChI=1S/C10H8F2O/c11-10(12)6-9(10,7-13)8-4-2-1-3-5-8/h1-5,7H,6H2/t9-/m0/s1. The first-order valence-corrected chi connectivity index (χ1v) is 4.02. The van der Waals surface area contributed by atoms with Gasteiger partial charge < -0.3 is 4.79 Å². The van der Waals surface area contributed by atoms with Crippen molar-refractivity contribution < 1.29 is 13.6 Å². The van der Waals surface area contributed by atoms with Crippen LogP contribution < -0.4 is 0 Å². The molecule has 0 N–H and O–H groups in total. The normalized spacial score (nSPS) is 29.7. The molecule has 0 aromatic heterocycles. The van der Waals surface area contributed by atoms with Crippen molar-refractivity contribution in [1.29, 1.82) is 0 Å². The molecule has 3 heteroatoms. The van der Waals surface area contributed by atoms with Crippen molar-refractivity contribution in [2.75, 3.05) is 0 Å². The summed E-state index contributed by atoms with van der Waals surface area (Å²) in [5.74, 6) is -2.85. The van der Waals surface area contributed by atoms with Gasteiger partial charge in [0.25, 0.3) is 5.92 Å². The minimum absolute atomic E-state index is 0.354. The highest BCUT2D eigenvalue weighted by molar-refractivity contribution is 5.76. The Bertz CT molecular complexity index is 334. The van der Waals surface area contributed by atoms with Gasteiger partial charge in [-0.2, -0.15) is 0 Å². The highest BCUT2D eigenvalue weighted by Gasteiger charge is 2.72. The number of hydrogen-bond donors (Lipinski definition) is 0. The second-order valence-corrected chi connectivity index (χ2v) is 3.34. The van der Waals surface area contributed by atoms with Crippen molar-refractivity contribution in [3.63, 3.8) is 0 Å². The van der Waals surface area contributed by atoms with Gasteiger partial charge in [0.1, 0.15) is 11.7 Å². The van der Waals surface area contributed by atoms with Crippen LogP contribution in [0.2, 0.25) is 0 Å². The van der Waals surface area contributed by atoms with E-state index in [1.165, 1.54) is 0 Å². The fourth-order valence-electron chi connectivity index (χ4n) is 1.55. The molecule has 1 nitrogen and oxygen atoms in total. The summed E-state index contributed by atoms with van der Waals surface area (Å²) >= 11 is 0. The SMILES string of the molecule is O=C[C@]1(c2ccccc2)CC1(F)F. The lowest BCUT2D eigenvalue weighted by Crippen LogP contribution is -2.17. The van der Waals surface area contributed by atoms with Crippen LogP contribution >= 0.6 is 0 Å². The van der Waals surface area contributed by atoms with E-state index in [2.05, 4.69) is 0 Å². The summed E-state index contributed by atoms with van der Waals surface area (Å²) in [6.07, 6.45) is 0.00977. The zero-order chi connectivity index (χ0) is 9.53. The van der Waals surface area contributed by atoms with Crippen molar-refractivity contribution in [3.05, 3.63) is 35.9 Å². The number of aldehydes is 1. The van der Waals surface area contributed by atoms with Crippen molar-refractivity contribution in [2.45, 2.75) is 17.8 Å². The zero-order valence-corrected chi connectivity index (χ0v) is 6.84. The third-order valence-corrected chi connectivity index (χ3v) is 2.52. The third-order valence-electron chi connectivity index (χ3n) is 2.52. The molecule has 1 aliphatic carbocycles. The maximum Gasteiger partial charge on any atom is 0.265 e. The van der Waals surface area contributed by atoms with Crippen LogP contribution in [0, 0.1) is 0 Å². The number of benzene rings is 1. The molecular weight excluding hydrogens is 174 g/mol. The molecule has 0 bridgehead atoms. The summed E-state index contributed by atoms with van der Waals surface area (Å²) in [5, 5.41) is 0. The monoisotopic (exact) mass is 182 g/mol. The molecule has 1 fully saturated rings. The van der Waals surface area contributed by atoms with Gasteiger partial charge in [-0.25, -0.2) is 8.78 Å². The fraction of sp³-hybridized carbons (Fsp3) is 0.300. The molecule has 0 heterocycles. The molecule has 1 aromatic carbocycles. The topological polar surface area (TPSA) is 17.1 Å². The Morgan fingerprint density at radius 1 is 1.23 bits per heavy atom. The summed E-state index contributed by atoms with van der Waals surface area (Å²) < 4.78 is 25.8. The van der Waals surface area contributed by atoms with Gasteiger partial charge in [-0.15, -0.1) is 0 Å². The summed E-state index contributed by atoms with van der Waals surface area (Å²) in [5.41, 5.74) is -1.12. The smallest absolute Gasteiger partial charge is 0.265 e. The zero-order valence-electron chi connectivity index (χ0n) is 6.84. The van der Waals surface area contributed by atoms with Crippen molar-refractivity contribution in [2.24, 2.45) is 0 Å². The number of rotatable bonds is 2. The average Bonchev–Trinajstić information content (AvgIpc) is 2.72. The highest BCUT2D eigenvalue weighted by atomic mass is 19.3. The summed E-state index contributed by atoms with van der Waals surface area (Å²) in [7, 11) is 0. The molecule has 0 spiro atoms. The molecule has 0 amide bonds. The van der Waals surface area contributed by atoms with Crippen molar-refractivity contribution >= 4 is 6.29 Å². The van der Waals surface area contributed by atoms with Gasteiger partial charge in [0.2, 0.25) is 0 Å². The molecule has 0 radical (unpaired) electrons. The van der Waals surface area contributed by atoms with Crippen LogP contribution in [0.25, 0.3) is 0 Å². The van der Waals surface area contributed by atoms with E-state index in [0.29, 0.717) is 11.8 Å². The quantitative estimate of drug-likeness (QED) is 0.640. The van der Waals surface area contributed by atoms with Crippen LogP contribution in [0.3, 0.4) is 0 Å². The van der Waals surface area contributed by atoms with Crippen molar-refractivity contribution in [1.82, 2.24) is 0 Å². The number of alkyl halides is 2. The van der Waals surface area contributed by atoms with E-state index in [0.717, 1.165) is 0 Å². The Kier molecular flexibility index (Phi) is 1.53. The first-order valence-electron chi connectivity index (χ1n) is 4.02. The Morgan fingerprint density at radius 2 is 1.77 bits per heavy atom. The van der Waals surface area contributed by atoms with E-state index < -0.39 is 11.3 Å². The number of carbonyl (C=O) groups excluding carboxylic acids is 1. The predicted octanol–water partition coefficient (Wildman–Crippen LogP) is 2.16. The molecule has 1 aromatic rings. The molecule has 1 saturated carbocycles. The average molecular weight is 182 g/mol. The molecule has 1 atom stereocenters. The van der Waals surface area contributed by atoms with Gasteiger partial charge in [0, 0.05) is 6.42 Å². The molecular formula is C10H8F2O. The predicted molar refractivity (Wildman–Crippen MR) is 43.7 cm³/mol. The fourth-order valence-corrected chi connectivity index (χ4v) is 1.55. The molecule has 1 aliphatic rings. The molecule has 2 rings (SSSR count). The maximum absolute atomic E-state index is 12.9. The summed E-state index contributed by atoms with van der Waals surface area (Å²) in [4.78, 5) is 10.6. The number of carbonyl (C=O) groups is 1. The van der Waals surface area contributed by atoms with Gasteiger partial charge in [0.15, 0.2) is 0 Å². The third kappa shape index (κ3) is 0.996. The summed E-state index contributed by atoms with van der Waals surface area (Å²) in [6, 6.07) is 8.19. The van der Waals surface area contributed by atoms with Gasteiger partial charge in [0.05, 0.1) is 0 Å². The lowest BCUT2D eigenvalue weighted by Gasteiger charge is -2.07. The van der Waals surface area contributed by atoms with Crippen LogP contribution in [0.4, 0.5) is 8.78 Å². The van der Waals surface area contributed by atoms with Gasteiger partial charge in [-0.3, -0.25) is 0 Å². The lowest BCUT2D eigenvalue weighted by molar-refractivity contribution is -0.112. The number of hydrogen-bond acceptors (Lipinski definition) is 1. The van der Waals surface area contributed by atoms with Gasteiger partial charge >= 0.3 is 0 Å². The van der Waals surface area contributed by atoms with Gasteiger partial charge in [-0.05, 0) is 5.56 Å². The molecule has 0 unspecified atom stereocenters. The first-order chi connectivity index (χ1) is 6.12. The van der Waals surface area contributed by atoms with Crippen LogP contribution in [-0.4, -0.2) is 12.2 Å². The Morgan fingerprint density at radius 3 is 2.15 bits per heavy atom. The second-order valence-electron chi connectivity index (χ2n) is 3.34. The van der Waals surface area contributed by atoms with Crippen LogP contribution in [0.5, 0.6) is 0 Å². The van der Waals surface area contributed by atoms with Gasteiger partial charge in [-0.1, -0.05) is 30.3 Å². The Hall–Kier alpha value is -1.25. The highest BCUT2D eigenvalue weighted by Crippen LogP contribution is 2.59. The minimum atomic E-state index is -2.85. The summed E-state index contributed by atoms with van der Waals surface area (Å²) in [6.45, 7) is 0. The molecule has 0 aliphatic heterocycles. The van der Waals surface area contributed by atoms with E-state index in [1.807, 2.05) is 0 Å². The van der Waals surface area contributed by atoms with Crippen LogP contribution in [-0.2, 0) is 10.2 Å². The Balaban J connectivity index is 2.42. The Labute approximate surface area is 74.4 Å². The van der Waals surface area contributed by atoms with E-state index >= 15 is 0 Å². The molecule has 0 saturated heterocycles. The van der Waals surface area contributed by atoms with E-state index in [4.69, 9.17) is 0 Å². The van der Waals surface area contributed by atoms with E-state index in [1.54, 1.807) is 30.3 Å². The largest absolute Gasteiger partial charge is 0.302 e. The number of halogens is 2.